The Balaban J connectivity index is 1.60. The zero-order valence-corrected chi connectivity index (χ0v) is 22.5. The number of anilines is 1. The third-order valence-corrected chi connectivity index (χ3v) is 6.56. The number of fused-ring (bicyclic) bond motifs is 1. The molecule has 0 N–H and O–H groups in total. The number of morpholine rings is 1. The summed E-state index contributed by atoms with van der Waals surface area (Å²) in [7, 11) is 1.52. The molecule has 198 valence electrons. The molecule has 0 saturated carbocycles. The van der Waals surface area contributed by atoms with E-state index < -0.39 is 17.5 Å². The zero-order valence-electron chi connectivity index (χ0n) is 21.7. The molecule has 0 amide bonds. The number of benzene rings is 2. The van der Waals surface area contributed by atoms with Crippen molar-refractivity contribution >= 4 is 28.2 Å². The molecule has 3 heterocycles. The minimum Gasteiger partial charge on any atom is -0.480 e. The van der Waals surface area contributed by atoms with Crippen LogP contribution in [-0.2, 0) is 9.47 Å². The van der Waals surface area contributed by atoms with Gasteiger partial charge in [0.1, 0.15) is 18.2 Å². The van der Waals surface area contributed by atoms with Gasteiger partial charge in [0.05, 0.1) is 42.8 Å². The van der Waals surface area contributed by atoms with Gasteiger partial charge in [0, 0.05) is 46.4 Å². The van der Waals surface area contributed by atoms with Crippen molar-refractivity contribution in [3.05, 3.63) is 70.9 Å². The second-order valence-corrected chi connectivity index (χ2v) is 10.4. The van der Waals surface area contributed by atoms with Crippen molar-refractivity contribution in [2.75, 3.05) is 38.3 Å². The summed E-state index contributed by atoms with van der Waals surface area (Å²) in [5.74, 6) is -0.121. The van der Waals surface area contributed by atoms with Crippen molar-refractivity contribution in [3.8, 4) is 17.1 Å². The first-order chi connectivity index (χ1) is 18.2. The number of halogens is 2. The fourth-order valence-corrected chi connectivity index (χ4v) is 4.69. The Morgan fingerprint density at radius 1 is 1.03 bits per heavy atom. The van der Waals surface area contributed by atoms with Gasteiger partial charge in [-0.15, -0.1) is 10.2 Å². The predicted molar refractivity (Wildman–Crippen MR) is 144 cm³/mol. The maximum absolute atomic E-state index is 15.5. The van der Waals surface area contributed by atoms with E-state index >= 15 is 4.39 Å². The fraction of sp³-hybridized carbons (Fsp3) is 0.357. The molecular weight excluding hydrogens is 509 g/mol. The Hall–Kier alpha value is -3.40. The van der Waals surface area contributed by atoms with Crippen molar-refractivity contribution in [2.24, 2.45) is 0 Å². The van der Waals surface area contributed by atoms with Gasteiger partial charge in [-0.3, -0.25) is 0 Å². The molecule has 0 radical (unpaired) electrons. The largest absolute Gasteiger partial charge is 0.480 e. The number of ether oxygens (including phenoxy) is 3. The summed E-state index contributed by atoms with van der Waals surface area (Å²) in [6, 6.07) is 12.4. The second-order valence-electron chi connectivity index (χ2n) is 9.99. The summed E-state index contributed by atoms with van der Waals surface area (Å²) < 4.78 is 32.4. The van der Waals surface area contributed by atoms with Gasteiger partial charge in [-0.1, -0.05) is 11.6 Å². The molecule has 0 unspecified atom stereocenters. The fourth-order valence-electron chi connectivity index (χ4n) is 4.44. The highest BCUT2D eigenvalue weighted by molar-refractivity contribution is 6.31. The standard InChI is InChI=1S/C28H29ClFN5O3/c1-28(2,3)38-27(23-7-8-25(36-4)34-33-23)19-14-20(22(30)15-21(19)29)26-18-6-5-17(13-24(18)31-16-32-26)35-9-11-37-12-10-35/h5-8,13-16,27H,9-12H2,1-4H3/t27-/m0/s1. The van der Waals surface area contributed by atoms with E-state index in [2.05, 4.69) is 25.1 Å². The number of rotatable bonds is 6. The molecule has 5 rings (SSSR count). The molecule has 0 bridgehead atoms. The van der Waals surface area contributed by atoms with E-state index in [9.17, 15) is 0 Å². The van der Waals surface area contributed by atoms with Crippen LogP contribution in [0, 0.1) is 5.82 Å². The molecule has 2 aromatic heterocycles. The lowest BCUT2D eigenvalue weighted by Gasteiger charge is -2.29. The van der Waals surface area contributed by atoms with Crippen LogP contribution < -0.4 is 9.64 Å². The van der Waals surface area contributed by atoms with Gasteiger partial charge in [0.15, 0.2) is 0 Å². The second kappa shape index (κ2) is 10.8. The summed E-state index contributed by atoms with van der Waals surface area (Å²) in [4.78, 5) is 11.2. The van der Waals surface area contributed by atoms with Crippen LogP contribution in [-0.4, -0.2) is 59.2 Å². The quantitative estimate of drug-likeness (QED) is 0.313. The van der Waals surface area contributed by atoms with E-state index in [4.69, 9.17) is 25.8 Å². The lowest BCUT2D eigenvalue weighted by atomic mass is 9.98. The Morgan fingerprint density at radius 3 is 2.50 bits per heavy atom. The number of hydrogen-bond acceptors (Lipinski definition) is 8. The highest BCUT2D eigenvalue weighted by Crippen LogP contribution is 2.39. The molecule has 0 aliphatic carbocycles. The van der Waals surface area contributed by atoms with Crippen LogP contribution >= 0.6 is 11.6 Å². The Kier molecular flexibility index (Phi) is 7.43. The summed E-state index contributed by atoms with van der Waals surface area (Å²) in [5.41, 5.74) is 3.03. The third kappa shape index (κ3) is 5.55. The molecule has 1 atom stereocenters. The average molecular weight is 538 g/mol. The van der Waals surface area contributed by atoms with E-state index in [-0.39, 0.29) is 5.02 Å². The van der Waals surface area contributed by atoms with Crippen LogP contribution in [0.2, 0.25) is 5.02 Å². The summed E-state index contributed by atoms with van der Waals surface area (Å²) in [6.07, 6.45) is 0.744. The summed E-state index contributed by atoms with van der Waals surface area (Å²) in [5, 5.41) is 9.32. The number of hydrogen-bond donors (Lipinski definition) is 0. The van der Waals surface area contributed by atoms with Crippen LogP contribution in [0.1, 0.15) is 38.1 Å². The lowest BCUT2D eigenvalue weighted by Crippen LogP contribution is -2.36. The first-order valence-corrected chi connectivity index (χ1v) is 12.7. The minimum atomic E-state index is -0.707. The van der Waals surface area contributed by atoms with Crippen LogP contribution in [0.5, 0.6) is 5.88 Å². The van der Waals surface area contributed by atoms with Gasteiger partial charge < -0.3 is 19.1 Å². The van der Waals surface area contributed by atoms with Crippen molar-refractivity contribution in [1.82, 2.24) is 20.2 Å². The number of aromatic nitrogens is 4. The van der Waals surface area contributed by atoms with E-state index in [1.807, 2.05) is 39.0 Å². The van der Waals surface area contributed by atoms with Gasteiger partial charge in [0.25, 0.3) is 0 Å². The molecule has 2 aromatic carbocycles. The van der Waals surface area contributed by atoms with Crippen LogP contribution in [0.15, 0.2) is 48.8 Å². The predicted octanol–water partition coefficient (Wildman–Crippen LogP) is 5.63. The summed E-state index contributed by atoms with van der Waals surface area (Å²) in [6.45, 7) is 8.77. The van der Waals surface area contributed by atoms with Gasteiger partial charge in [-0.25, -0.2) is 14.4 Å². The van der Waals surface area contributed by atoms with Crippen LogP contribution in [0.4, 0.5) is 10.1 Å². The molecule has 1 fully saturated rings. The maximum Gasteiger partial charge on any atom is 0.233 e. The smallest absolute Gasteiger partial charge is 0.233 e. The number of methoxy groups -OCH3 is 1. The normalized spacial score (nSPS) is 15.1. The van der Waals surface area contributed by atoms with Crippen molar-refractivity contribution < 1.29 is 18.6 Å². The average Bonchev–Trinajstić information content (AvgIpc) is 2.91. The summed E-state index contributed by atoms with van der Waals surface area (Å²) >= 11 is 6.60. The van der Waals surface area contributed by atoms with Crippen LogP contribution in [0.25, 0.3) is 22.2 Å². The molecule has 1 aliphatic rings. The molecule has 8 nitrogen and oxygen atoms in total. The lowest BCUT2D eigenvalue weighted by molar-refractivity contribution is -0.0449. The Labute approximate surface area is 225 Å². The van der Waals surface area contributed by atoms with Crippen molar-refractivity contribution in [2.45, 2.75) is 32.5 Å². The third-order valence-electron chi connectivity index (χ3n) is 6.23. The Morgan fingerprint density at radius 2 is 1.82 bits per heavy atom. The molecule has 1 aliphatic heterocycles. The zero-order chi connectivity index (χ0) is 26.9. The van der Waals surface area contributed by atoms with Crippen molar-refractivity contribution in [3.63, 3.8) is 0 Å². The molecule has 4 aromatic rings. The van der Waals surface area contributed by atoms with Crippen molar-refractivity contribution in [1.29, 1.82) is 0 Å². The highest BCUT2D eigenvalue weighted by Gasteiger charge is 2.28. The van der Waals surface area contributed by atoms with E-state index in [0.717, 1.165) is 29.7 Å². The highest BCUT2D eigenvalue weighted by atomic mass is 35.5. The maximum atomic E-state index is 15.5. The van der Waals surface area contributed by atoms with Gasteiger partial charge >= 0.3 is 0 Å². The van der Waals surface area contributed by atoms with E-state index in [1.165, 1.54) is 19.5 Å². The minimum absolute atomic E-state index is 0.214. The monoisotopic (exact) mass is 537 g/mol. The van der Waals surface area contributed by atoms with Gasteiger partial charge in [-0.2, -0.15) is 0 Å². The molecule has 10 heteroatoms. The number of nitrogens with zero attached hydrogens (tertiary/aromatic N) is 5. The molecular formula is C28H29ClFN5O3. The molecule has 38 heavy (non-hydrogen) atoms. The van der Waals surface area contributed by atoms with Gasteiger partial charge in [-0.05, 0) is 57.2 Å². The Bertz CT molecular complexity index is 1440. The molecule has 0 spiro atoms. The first-order valence-electron chi connectivity index (χ1n) is 12.4. The topological polar surface area (TPSA) is 82.5 Å². The first kappa shape index (κ1) is 26.2. The van der Waals surface area contributed by atoms with Crippen LogP contribution in [0.3, 0.4) is 0 Å². The van der Waals surface area contributed by atoms with E-state index in [0.29, 0.717) is 41.6 Å². The molecule has 1 saturated heterocycles. The van der Waals surface area contributed by atoms with Gasteiger partial charge in [0.2, 0.25) is 5.88 Å². The SMILES string of the molecule is COc1ccc([C@@H](OC(C)(C)C)c2cc(-c3ncnc4cc(N5CCOCC5)ccc34)c(F)cc2Cl)nn1. The van der Waals surface area contributed by atoms with E-state index in [1.54, 1.807) is 18.2 Å².